The summed E-state index contributed by atoms with van der Waals surface area (Å²) in [5.74, 6) is 0.152. The summed E-state index contributed by atoms with van der Waals surface area (Å²) in [5, 5.41) is 5.55. The van der Waals surface area contributed by atoms with Crippen molar-refractivity contribution < 1.29 is 9.59 Å². The minimum Gasteiger partial charge on any atom is -0.355 e. The number of nitrogens with one attached hydrogen (secondary N) is 2. The van der Waals surface area contributed by atoms with Crippen molar-refractivity contribution >= 4 is 11.9 Å². The molecule has 3 amide bonds. The number of rotatable bonds is 9. The van der Waals surface area contributed by atoms with Gasteiger partial charge >= 0.3 is 6.03 Å². The van der Waals surface area contributed by atoms with E-state index < -0.39 is 6.03 Å². The maximum Gasteiger partial charge on any atom is 0.312 e. The number of carbonyl (C=O) groups excluding carboxylic acids is 2. The monoisotopic (exact) mass is 339 g/mol. The second kappa shape index (κ2) is 10.1. The summed E-state index contributed by atoms with van der Waals surface area (Å²) < 4.78 is 0. The summed E-state index contributed by atoms with van der Waals surface area (Å²) in [6.07, 6.45) is 1.89. The van der Waals surface area contributed by atoms with Crippen LogP contribution in [0.4, 0.5) is 4.79 Å². The lowest BCUT2D eigenvalue weighted by atomic mass is 9.91. The first-order valence-corrected chi connectivity index (χ1v) is 8.56. The molecule has 0 aliphatic carbocycles. The molecular weight excluding hydrogens is 314 g/mol. The van der Waals surface area contributed by atoms with Gasteiger partial charge in [-0.25, -0.2) is 4.79 Å². The fraction of sp³-hybridized carbons (Fsp3) is 0.300. The fourth-order valence-electron chi connectivity index (χ4n) is 2.73. The smallest absolute Gasteiger partial charge is 0.312 e. The number of urea groups is 1. The number of hydrogen-bond acceptors (Lipinski definition) is 2. The Morgan fingerprint density at radius 1 is 0.840 bits per heavy atom. The van der Waals surface area contributed by atoms with E-state index in [0.29, 0.717) is 25.9 Å². The molecule has 0 atom stereocenters. The third kappa shape index (κ3) is 6.67. The highest BCUT2D eigenvalue weighted by Gasteiger charge is 2.14. The summed E-state index contributed by atoms with van der Waals surface area (Å²) in [4.78, 5) is 22.7. The molecule has 5 heteroatoms. The van der Waals surface area contributed by atoms with E-state index in [1.54, 1.807) is 0 Å². The van der Waals surface area contributed by atoms with Crippen LogP contribution in [-0.2, 0) is 4.79 Å². The molecule has 0 fully saturated rings. The summed E-state index contributed by atoms with van der Waals surface area (Å²) >= 11 is 0. The van der Waals surface area contributed by atoms with Gasteiger partial charge in [0.1, 0.15) is 0 Å². The van der Waals surface area contributed by atoms with Crippen molar-refractivity contribution in [2.24, 2.45) is 5.73 Å². The van der Waals surface area contributed by atoms with E-state index in [0.717, 1.165) is 6.42 Å². The first kappa shape index (κ1) is 18.5. The zero-order valence-corrected chi connectivity index (χ0v) is 14.3. The Hall–Kier alpha value is -2.82. The molecule has 0 spiro atoms. The molecule has 0 heterocycles. The summed E-state index contributed by atoms with van der Waals surface area (Å²) in [6.45, 7) is 1.06. The summed E-state index contributed by atoms with van der Waals surface area (Å²) in [6, 6.07) is 19.8. The van der Waals surface area contributed by atoms with Gasteiger partial charge in [-0.1, -0.05) is 60.7 Å². The van der Waals surface area contributed by atoms with Crippen molar-refractivity contribution in [2.45, 2.75) is 25.2 Å². The van der Waals surface area contributed by atoms with Gasteiger partial charge < -0.3 is 16.4 Å². The van der Waals surface area contributed by atoms with Crippen LogP contribution in [0.5, 0.6) is 0 Å². The lowest BCUT2D eigenvalue weighted by Gasteiger charge is -2.19. The van der Waals surface area contributed by atoms with Crippen molar-refractivity contribution in [3.8, 4) is 0 Å². The van der Waals surface area contributed by atoms with Gasteiger partial charge in [0, 0.05) is 25.4 Å². The van der Waals surface area contributed by atoms with Gasteiger partial charge in [-0.15, -0.1) is 0 Å². The fourth-order valence-corrected chi connectivity index (χ4v) is 2.73. The second-order valence-corrected chi connectivity index (χ2v) is 5.93. The molecule has 2 rings (SSSR count). The van der Waals surface area contributed by atoms with Crippen LogP contribution < -0.4 is 16.4 Å². The van der Waals surface area contributed by atoms with Gasteiger partial charge in [-0.2, -0.15) is 0 Å². The number of benzene rings is 2. The molecule has 2 aromatic rings. The lowest BCUT2D eigenvalue weighted by Crippen LogP contribution is -2.31. The zero-order valence-electron chi connectivity index (χ0n) is 14.3. The number of nitrogens with two attached hydrogens (primary N) is 1. The van der Waals surface area contributed by atoms with Gasteiger partial charge in [-0.05, 0) is 24.0 Å². The Bertz CT molecular complexity index is 620. The van der Waals surface area contributed by atoms with E-state index in [1.807, 2.05) is 36.4 Å². The minimum atomic E-state index is -0.530. The number of carbonyl (C=O) groups is 2. The molecule has 132 valence electrons. The molecule has 5 nitrogen and oxygen atoms in total. The van der Waals surface area contributed by atoms with Crippen molar-refractivity contribution in [3.05, 3.63) is 71.8 Å². The molecule has 4 N–H and O–H groups in total. The summed E-state index contributed by atoms with van der Waals surface area (Å²) in [7, 11) is 0. The molecular formula is C20H25N3O2. The molecule has 0 radical (unpaired) electrons. The van der Waals surface area contributed by atoms with Gasteiger partial charge in [0.05, 0.1) is 0 Å². The topological polar surface area (TPSA) is 84.2 Å². The molecule has 25 heavy (non-hydrogen) atoms. The molecule has 0 saturated carbocycles. The quantitative estimate of drug-likeness (QED) is 0.614. The maximum atomic E-state index is 12.1. The molecule has 0 aromatic heterocycles. The van der Waals surface area contributed by atoms with Crippen molar-refractivity contribution in [2.75, 3.05) is 13.1 Å². The van der Waals surface area contributed by atoms with Crippen LogP contribution >= 0.6 is 0 Å². The van der Waals surface area contributed by atoms with Crippen LogP contribution in [-0.4, -0.2) is 25.0 Å². The van der Waals surface area contributed by atoms with Crippen molar-refractivity contribution in [1.29, 1.82) is 0 Å². The standard InChI is InChI=1S/C20H25N3O2/c21-20(25)22-14-8-7-13-19(24)23-15-18(16-9-3-1-4-10-16)17-11-5-2-6-12-17/h1-6,9-12,18H,7-8,13-15H2,(H,23,24)(H3,21,22,25). The molecule has 0 aliphatic rings. The maximum absolute atomic E-state index is 12.1. The molecule has 0 aliphatic heterocycles. The Kier molecular flexibility index (Phi) is 7.50. The minimum absolute atomic E-state index is 0.0240. The normalized spacial score (nSPS) is 10.4. The number of hydrogen-bond donors (Lipinski definition) is 3. The predicted molar refractivity (Wildman–Crippen MR) is 99.2 cm³/mol. The van der Waals surface area contributed by atoms with Gasteiger partial charge in [0.25, 0.3) is 0 Å². The highest BCUT2D eigenvalue weighted by atomic mass is 16.2. The van der Waals surface area contributed by atoms with Crippen molar-refractivity contribution in [3.63, 3.8) is 0 Å². The SMILES string of the molecule is NC(=O)NCCCCC(=O)NCC(c1ccccc1)c1ccccc1. The molecule has 0 saturated heterocycles. The Balaban J connectivity index is 1.86. The Morgan fingerprint density at radius 2 is 1.40 bits per heavy atom. The van der Waals surface area contributed by atoms with Crippen LogP contribution in [0.15, 0.2) is 60.7 Å². The van der Waals surface area contributed by atoms with Gasteiger partial charge in [0.2, 0.25) is 5.91 Å². The third-order valence-corrected chi connectivity index (χ3v) is 4.04. The van der Waals surface area contributed by atoms with Gasteiger partial charge in [0.15, 0.2) is 0 Å². The third-order valence-electron chi connectivity index (χ3n) is 4.04. The average Bonchev–Trinajstić information content (AvgIpc) is 2.63. The van der Waals surface area contributed by atoms with Crippen LogP contribution in [0.1, 0.15) is 36.3 Å². The van der Waals surface area contributed by atoms with Crippen LogP contribution in [0, 0.1) is 0 Å². The highest BCUT2D eigenvalue weighted by molar-refractivity contribution is 5.76. The second-order valence-electron chi connectivity index (χ2n) is 5.93. The van der Waals surface area contributed by atoms with E-state index in [2.05, 4.69) is 34.9 Å². The van der Waals surface area contributed by atoms with E-state index >= 15 is 0 Å². The first-order chi connectivity index (χ1) is 12.2. The Morgan fingerprint density at radius 3 is 1.92 bits per heavy atom. The first-order valence-electron chi connectivity index (χ1n) is 8.56. The van der Waals surface area contributed by atoms with E-state index in [9.17, 15) is 9.59 Å². The van der Waals surface area contributed by atoms with Crippen LogP contribution in [0.25, 0.3) is 0 Å². The molecule has 0 unspecified atom stereocenters. The molecule has 0 bridgehead atoms. The van der Waals surface area contributed by atoms with Crippen LogP contribution in [0.3, 0.4) is 0 Å². The number of amides is 3. The number of unbranched alkanes of at least 4 members (excludes halogenated alkanes) is 1. The largest absolute Gasteiger partial charge is 0.355 e. The summed E-state index contributed by atoms with van der Waals surface area (Å²) in [5.41, 5.74) is 7.36. The number of primary amides is 1. The predicted octanol–water partition coefficient (Wildman–Crippen LogP) is 2.77. The van der Waals surface area contributed by atoms with E-state index in [1.165, 1.54) is 11.1 Å². The molecule has 2 aromatic carbocycles. The highest BCUT2D eigenvalue weighted by Crippen LogP contribution is 2.23. The zero-order chi connectivity index (χ0) is 17.9. The van der Waals surface area contributed by atoms with Crippen molar-refractivity contribution in [1.82, 2.24) is 10.6 Å². The van der Waals surface area contributed by atoms with Gasteiger partial charge in [-0.3, -0.25) is 4.79 Å². The van der Waals surface area contributed by atoms with Crippen LogP contribution in [0.2, 0.25) is 0 Å². The van der Waals surface area contributed by atoms with E-state index in [4.69, 9.17) is 5.73 Å². The average molecular weight is 339 g/mol. The lowest BCUT2D eigenvalue weighted by molar-refractivity contribution is -0.121. The van der Waals surface area contributed by atoms with E-state index in [-0.39, 0.29) is 11.8 Å². The Labute approximate surface area is 148 Å².